The molecule has 0 fully saturated rings. The molecule has 2 N–H and O–H groups in total. The van der Waals surface area contributed by atoms with E-state index in [1.807, 2.05) is 18.2 Å². The van der Waals surface area contributed by atoms with Gasteiger partial charge in [0.2, 0.25) is 0 Å². The van der Waals surface area contributed by atoms with Crippen molar-refractivity contribution in [2.45, 2.75) is 39.3 Å². The molecule has 0 spiro atoms. The van der Waals surface area contributed by atoms with Crippen molar-refractivity contribution in [2.75, 3.05) is 12.3 Å². The van der Waals surface area contributed by atoms with Gasteiger partial charge in [-0.1, -0.05) is 80.8 Å². The van der Waals surface area contributed by atoms with E-state index in [2.05, 4.69) is 81.8 Å². The monoisotopic (exact) mass is 654 g/mol. The highest BCUT2D eigenvalue weighted by atomic mass is 79.9. The van der Waals surface area contributed by atoms with Crippen molar-refractivity contribution < 1.29 is 4.79 Å². The molecule has 2 rings (SSSR count). The summed E-state index contributed by atoms with van der Waals surface area (Å²) in [7, 11) is -2.37. The van der Waals surface area contributed by atoms with E-state index in [1.165, 1.54) is 0 Å². The summed E-state index contributed by atoms with van der Waals surface area (Å²) in [6.45, 7) is 13.5. The van der Waals surface area contributed by atoms with E-state index in [0.29, 0.717) is 15.6 Å². The van der Waals surface area contributed by atoms with Crippen LogP contribution in [-0.2, 0) is 0 Å². The molecule has 0 saturated heterocycles. The molecule has 0 saturated carbocycles. The fourth-order valence-corrected chi connectivity index (χ4v) is 4.75. The molecule has 176 valence electrons. The highest BCUT2D eigenvalue weighted by molar-refractivity contribution is 9.10. The number of carbonyl (C=O) groups excluding carboxylic acids is 1. The van der Waals surface area contributed by atoms with Crippen LogP contribution in [0.1, 0.15) is 15.9 Å². The summed E-state index contributed by atoms with van der Waals surface area (Å²) in [5.74, 6) is -0.0585. The lowest BCUT2D eigenvalue weighted by Gasteiger charge is -2.18. The maximum atomic E-state index is 11.8. The average molecular weight is 657 g/mol. The lowest BCUT2D eigenvalue weighted by Crippen LogP contribution is -2.39. The number of rotatable bonds is 6. The van der Waals surface area contributed by atoms with Gasteiger partial charge in [-0.15, -0.1) is 0 Å². The predicted molar refractivity (Wildman–Crippen MR) is 157 cm³/mol. The topological polar surface area (TPSA) is 41.1 Å². The Bertz CT molecular complexity index is 886. The summed E-state index contributed by atoms with van der Waals surface area (Å²) >= 11 is 23.9. The zero-order chi connectivity index (χ0) is 24.7. The summed E-state index contributed by atoms with van der Waals surface area (Å²) in [5.41, 5.74) is 1.58. The standard InChI is InChI=1S/C11H15BrClNOSi.C11H15BrClNSSi/c2*1-16(2,3)7-14-11(15)8-4-5-9(12)10(13)6-8/h2*4-6H,7H2,1-3H3,(H,14,15). The molecule has 2 aromatic carbocycles. The average Bonchev–Trinajstić information content (AvgIpc) is 2.68. The Morgan fingerprint density at radius 2 is 1.22 bits per heavy atom. The zero-order valence-corrected chi connectivity index (χ0v) is 26.7. The van der Waals surface area contributed by atoms with Crippen molar-refractivity contribution in [3.63, 3.8) is 0 Å². The van der Waals surface area contributed by atoms with E-state index in [1.54, 1.807) is 18.2 Å². The third kappa shape index (κ3) is 11.8. The van der Waals surface area contributed by atoms with Gasteiger partial charge in [-0.2, -0.15) is 0 Å². The van der Waals surface area contributed by atoms with Crippen LogP contribution >= 0.6 is 67.3 Å². The Balaban J connectivity index is 0.000000320. The van der Waals surface area contributed by atoms with Gasteiger partial charge in [0.1, 0.15) is 4.99 Å². The lowest BCUT2D eigenvalue weighted by atomic mass is 10.2. The van der Waals surface area contributed by atoms with Crippen LogP contribution in [0.15, 0.2) is 45.3 Å². The smallest absolute Gasteiger partial charge is 0.251 e. The first-order valence-electron chi connectivity index (χ1n) is 10.1. The second kappa shape index (κ2) is 13.0. The number of halogens is 4. The van der Waals surface area contributed by atoms with E-state index in [-0.39, 0.29) is 5.91 Å². The summed E-state index contributed by atoms with van der Waals surface area (Å²) in [4.78, 5) is 12.6. The molecule has 0 heterocycles. The highest BCUT2D eigenvalue weighted by Gasteiger charge is 2.16. The Morgan fingerprint density at radius 3 is 1.66 bits per heavy atom. The maximum Gasteiger partial charge on any atom is 0.251 e. The van der Waals surface area contributed by atoms with Crippen molar-refractivity contribution in [3.05, 3.63) is 66.5 Å². The van der Waals surface area contributed by atoms with Crippen LogP contribution in [0.2, 0.25) is 49.3 Å². The molecule has 0 atom stereocenters. The van der Waals surface area contributed by atoms with Gasteiger partial charge in [-0.3, -0.25) is 4.79 Å². The predicted octanol–water partition coefficient (Wildman–Crippen LogP) is 7.95. The summed E-state index contributed by atoms with van der Waals surface area (Å²) in [5, 5.41) is 7.48. The molecule has 0 aliphatic heterocycles. The molecule has 0 aromatic heterocycles. The number of hydrogen-bond acceptors (Lipinski definition) is 2. The Hall–Kier alpha value is -0.226. The van der Waals surface area contributed by atoms with E-state index in [9.17, 15) is 4.79 Å². The molecule has 32 heavy (non-hydrogen) atoms. The Labute approximate surface area is 226 Å². The van der Waals surface area contributed by atoms with Crippen molar-refractivity contribution in [2.24, 2.45) is 0 Å². The summed E-state index contributed by atoms with van der Waals surface area (Å²) < 4.78 is 1.70. The molecular weight excluding hydrogens is 627 g/mol. The van der Waals surface area contributed by atoms with Crippen LogP contribution in [0.5, 0.6) is 0 Å². The van der Waals surface area contributed by atoms with Gasteiger partial charge in [-0.05, 0) is 62.2 Å². The van der Waals surface area contributed by atoms with E-state index < -0.39 is 16.1 Å². The van der Waals surface area contributed by atoms with Crippen LogP contribution in [0.4, 0.5) is 0 Å². The molecule has 0 radical (unpaired) electrons. The zero-order valence-electron chi connectivity index (χ0n) is 19.2. The fourth-order valence-electron chi connectivity index (χ4n) is 2.17. The van der Waals surface area contributed by atoms with Gasteiger partial charge in [-0.25, -0.2) is 0 Å². The summed E-state index contributed by atoms with van der Waals surface area (Å²) in [6.07, 6.45) is 1.76. The number of carbonyl (C=O) groups is 1. The van der Waals surface area contributed by atoms with Gasteiger partial charge in [0.05, 0.1) is 26.2 Å². The van der Waals surface area contributed by atoms with Gasteiger partial charge in [0.15, 0.2) is 0 Å². The summed E-state index contributed by atoms with van der Waals surface area (Å²) in [6, 6.07) is 11.0. The Kier molecular flexibility index (Phi) is 12.1. The minimum atomic E-state index is -1.25. The van der Waals surface area contributed by atoms with Gasteiger partial charge < -0.3 is 10.6 Å². The van der Waals surface area contributed by atoms with E-state index in [0.717, 1.165) is 31.8 Å². The van der Waals surface area contributed by atoms with Gasteiger partial charge >= 0.3 is 0 Å². The fraction of sp³-hybridized carbons (Fsp3) is 0.364. The maximum absolute atomic E-state index is 11.8. The molecular formula is C22H30Br2Cl2N2OSSi2. The third-order valence-corrected chi connectivity index (χ3v) is 9.24. The van der Waals surface area contributed by atoms with Crippen LogP contribution < -0.4 is 10.6 Å². The molecule has 0 aliphatic carbocycles. The molecule has 0 aliphatic rings. The number of hydrogen-bond donors (Lipinski definition) is 2. The van der Waals surface area contributed by atoms with Crippen LogP contribution in [0.3, 0.4) is 0 Å². The first-order chi connectivity index (χ1) is 14.6. The normalized spacial score (nSPS) is 11.3. The molecule has 0 unspecified atom stereocenters. The van der Waals surface area contributed by atoms with E-state index in [4.69, 9.17) is 35.4 Å². The largest absolute Gasteiger partial charge is 0.379 e. The van der Waals surface area contributed by atoms with Crippen molar-refractivity contribution in [3.8, 4) is 0 Å². The first kappa shape index (κ1) is 29.8. The highest BCUT2D eigenvalue weighted by Crippen LogP contribution is 2.24. The number of nitrogens with one attached hydrogen (secondary N) is 2. The van der Waals surface area contributed by atoms with Crippen LogP contribution in [-0.4, -0.2) is 39.4 Å². The molecule has 10 heteroatoms. The molecule has 3 nitrogen and oxygen atoms in total. The first-order valence-corrected chi connectivity index (χ1v) is 20.2. The Morgan fingerprint density at radius 1 is 0.812 bits per heavy atom. The van der Waals surface area contributed by atoms with Crippen molar-refractivity contribution in [1.29, 1.82) is 0 Å². The van der Waals surface area contributed by atoms with E-state index >= 15 is 0 Å². The SMILES string of the molecule is C[Si](C)(C)CNC(=O)c1ccc(Br)c(Cl)c1.C[Si](C)(C)CNC(=S)c1ccc(Br)c(Cl)c1. The van der Waals surface area contributed by atoms with Gasteiger partial charge in [0.25, 0.3) is 5.91 Å². The lowest BCUT2D eigenvalue weighted by molar-refractivity contribution is 0.0959. The molecule has 2 aromatic rings. The minimum absolute atomic E-state index is 0.0585. The third-order valence-electron chi connectivity index (χ3n) is 3.92. The second-order valence-electron chi connectivity index (χ2n) is 9.74. The van der Waals surface area contributed by atoms with Crippen LogP contribution in [0, 0.1) is 0 Å². The number of amides is 1. The van der Waals surface area contributed by atoms with Gasteiger partial charge in [0, 0.05) is 32.4 Å². The van der Waals surface area contributed by atoms with Crippen molar-refractivity contribution >= 4 is 94.3 Å². The minimum Gasteiger partial charge on any atom is -0.379 e. The molecule has 0 bridgehead atoms. The number of benzene rings is 2. The van der Waals surface area contributed by atoms with Crippen LogP contribution in [0.25, 0.3) is 0 Å². The quantitative estimate of drug-likeness (QED) is 0.245. The number of thiocarbonyl (C=S) groups is 1. The second-order valence-corrected chi connectivity index (χ2v) is 23.6. The molecule has 1 amide bonds. The van der Waals surface area contributed by atoms with Crippen molar-refractivity contribution in [1.82, 2.24) is 10.6 Å².